The molecule has 9 aromatic rings. The molecule has 3 aromatic heterocycles. The molecular weight excluding hydrogens is 927 g/mol. The molecule has 0 saturated heterocycles. The molecule has 1 radical (unpaired) electrons. The molecule has 1 aliphatic carbocycles. The Kier molecular flexibility index (Phi) is 12.2. The molecule has 1 aliphatic rings. The van der Waals surface area contributed by atoms with Crippen molar-refractivity contribution in [1.82, 2.24) is 14.5 Å². The van der Waals surface area contributed by atoms with Gasteiger partial charge in [0.25, 0.3) is 0 Å². The molecule has 60 heavy (non-hydrogen) atoms. The van der Waals surface area contributed by atoms with Crippen LogP contribution in [0.4, 0.5) is 0 Å². The van der Waals surface area contributed by atoms with Gasteiger partial charge in [-0.1, -0.05) is 160 Å². The van der Waals surface area contributed by atoms with Crippen molar-refractivity contribution in [2.75, 3.05) is 0 Å². The van der Waals surface area contributed by atoms with Crippen molar-refractivity contribution in [3.63, 3.8) is 0 Å². The molecule has 6 heteroatoms. The minimum absolute atomic E-state index is 0. The van der Waals surface area contributed by atoms with Crippen molar-refractivity contribution in [2.24, 2.45) is 5.92 Å². The van der Waals surface area contributed by atoms with Gasteiger partial charge in [-0.3, -0.25) is 4.98 Å². The van der Waals surface area contributed by atoms with Gasteiger partial charge in [0, 0.05) is 37.4 Å². The van der Waals surface area contributed by atoms with E-state index in [0.717, 1.165) is 67.2 Å². The number of aromatic nitrogens is 3. The summed E-state index contributed by atoms with van der Waals surface area (Å²) in [6, 6.07) is 55.2. The number of imidazole rings is 1. The molecule has 1 fully saturated rings. The first kappa shape index (κ1) is 41.3. The molecule has 0 N–H and O–H groups in total. The van der Waals surface area contributed by atoms with Gasteiger partial charge in [-0.15, -0.1) is 53.6 Å². The average Bonchev–Trinajstić information content (AvgIpc) is 4.02. The third kappa shape index (κ3) is 8.47. The second-order valence-electron chi connectivity index (χ2n) is 17.4. The average molecular weight is 978 g/mol. The van der Waals surface area contributed by atoms with Crippen molar-refractivity contribution < 1.29 is 24.5 Å². The molecule has 4 nitrogen and oxygen atoms in total. The van der Waals surface area contributed by atoms with Gasteiger partial charge in [0.05, 0.1) is 30.5 Å². The van der Waals surface area contributed by atoms with E-state index in [1.165, 1.54) is 48.8 Å². The summed E-state index contributed by atoms with van der Waals surface area (Å²) in [6.45, 7) is 11.8. The molecule has 0 atom stereocenters. The maximum Gasteiger partial charge on any atom is 0.120 e. The molecule has 10 rings (SSSR count). The number of hydrogen-bond donors (Lipinski definition) is 0. The van der Waals surface area contributed by atoms with E-state index in [0.29, 0.717) is 5.92 Å². The monoisotopic (exact) mass is 978 g/mol. The van der Waals surface area contributed by atoms with Gasteiger partial charge in [-0.2, -0.15) is 0 Å². The fraction of sp³-hybridized carbons (Fsp3) is 0.222. The molecule has 0 aliphatic heterocycles. The van der Waals surface area contributed by atoms with E-state index in [1.54, 1.807) is 10.8 Å². The third-order valence-corrected chi connectivity index (χ3v) is 14.0. The van der Waals surface area contributed by atoms with Crippen LogP contribution in [0.25, 0.3) is 72.4 Å². The Morgan fingerprint density at radius 1 is 0.767 bits per heavy atom. The van der Waals surface area contributed by atoms with Gasteiger partial charge in [0.2, 0.25) is 0 Å². The van der Waals surface area contributed by atoms with Crippen molar-refractivity contribution in [2.45, 2.75) is 71.5 Å². The summed E-state index contributed by atoms with van der Waals surface area (Å²) >= 11 is 0. The van der Waals surface area contributed by atoms with E-state index in [1.807, 2.05) is 48.5 Å². The number of furan rings is 1. The van der Waals surface area contributed by atoms with Gasteiger partial charge in [0.15, 0.2) is 0 Å². The van der Waals surface area contributed by atoms with Crippen molar-refractivity contribution in [3.8, 4) is 39.5 Å². The number of pyridine rings is 1. The summed E-state index contributed by atoms with van der Waals surface area (Å²) < 4.78 is 8.51. The van der Waals surface area contributed by atoms with Gasteiger partial charge in [-0.05, 0) is 64.7 Å². The second-order valence-corrected chi connectivity index (χ2v) is 22.4. The fourth-order valence-electron chi connectivity index (χ4n) is 8.71. The van der Waals surface area contributed by atoms with Crippen LogP contribution in [0.15, 0.2) is 150 Å². The topological polar surface area (TPSA) is 43.9 Å². The maximum absolute atomic E-state index is 6.32. The minimum Gasteiger partial charge on any atom is -0.501 e. The standard InChI is InChI=1S/C31H19N2O.C23H32NSi.Ir/c1-2-9-21(10-3-1)22-17-19-23(20-18-22)33-28-15-6-5-14-27(28)32-31(33)26-13-8-12-25-24-11-4-7-16-29(24)34-30(25)26;1-17(2)19-10-12-20(13-11-19)22-15-21(14-18-8-6-7-9-18)23(16-24-22)25(3,4)5;/h1-12,14-20H;10-12,15-18H,6-9,14H2,1-5H3;/q2*-1;. The van der Waals surface area contributed by atoms with Crippen LogP contribution in [0.2, 0.25) is 19.6 Å². The summed E-state index contributed by atoms with van der Waals surface area (Å²) in [6.07, 6.45) is 9.04. The fourth-order valence-corrected chi connectivity index (χ4v) is 10.3. The Morgan fingerprint density at radius 3 is 2.22 bits per heavy atom. The van der Waals surface area contributed by atoms with E-state index >= 15 is 0 Å². The zero-order valence-corrected chi connectivity index (χ0v) is 38.5. The van der Waals surface area contributed by atoms with Gasteiger partial charge >= 0.3 is 0 Å². The number of benzene rings is 6. The first-order valence-electron chi connectivity index (χ1n) is 21.2. The minimum atomic E-state index is -1.37. The van der Waals surface area contributed by atoms with E-state index < -0.39 is 8.07 Å². The predicted octanol–water partition coefficient (Wildman–Crippen LogP) is 14.0. The van der Waals surface area contributed by atoms with Crippen LogP contribution in [0, 0.1) is 18.1 Å². The van der Waals surface area contributed by atoms with Crippen molar-refractivity contribution in [3.05, 3.63) is 169 Å². The normalized spacial score (nSPS) is 13.2. The van der Waals surface area contributed by atoms with Crippen LogP contribution in [0.5, 0.6) is 0 Å². The SMILES string of the molecule is CC(C)c1c[c-]c(-c2cc(CC3CCCC3)c([Si](C)(C)C)cn2)cc1.[Ir].[c-]1ccc2c(oc3ccccc32)c1-c1nc2ccccc2n1-c1ccc(-c2ccccc2)cc1. The Hall–Kier alpha value is -5.39. The largest absolute Gasteiger partial charge is 0.501 e. The molecule has 6 aromatic carbocycles. The maximum atomic E-state index is 6.32. The van der Waals surface area contributed by atoms with E-state index in [9.17, 15) is 0 Å². The van der Waals surface area contributed by atoms with Crippen LogP contribution in [0.3, 0.4) is 0 Å². The molecular formula is C54H51IrN3OSi-2. The van der Waals surface area contributed by atoms with Gasteiger partial charge < -0.3 is 14.0 Å². The summed E-state index contributed by atoms with van der Waals surface area (Å²) in [7, 11) is -1.37. The molecule has 303 valence electrons. The van der Waals surface area contributed by atoms with Crippen LogP contribution < -0.4 is 5.19 Å². The van der Waals surface area contributed by atoms with E-state index in [2.05, 4.69) is 147 Å². The predicted molar refractivity (Wildman–Crippen MR) is 249 cm³/mol. The smallest absolute Gasteiger partial charge is 0.120 e. The third-order valence-electron chi connectivity index (χ3n) is 11.9. The molecule has 3 heterocycles. The molecule has 1 saturated carbocycles. The zero-order chi connectivity index (χ0) is 40.5. The van der Waals surface area contributed by atoms with E-state index in [4.69, 9.17) is 14.4 Å². The molecule has 0 spiro atoms. The number of para-hydroxylation sites is 3. The molecule has 0 bridgehead atoms. The van der Waals surface area contributed by atoms with Gasteiger partial charge in [-0.25, -0.2) is 0 Å². The Morgan fingerprint density at radius 2 is 1.48 bits per heavy atom. The summed E-state index contributed by atoms with van der Waals surface area (Å²) in [4.78, 5) is 9.86. The zero-order valence-electron chi connectivity index (χ0n) is 35.1. The summed E-state index contributed by atoms with van der Waals surface area (Å²) in [5.41, 5.74) is 13.1. The summed E-state index contributed by atoms with van der Waals surface area (Å²) in [5, 5.41) is 3.71. The van der Waals surface area contributed by atoms with E-state index in [-0.39, 0.29) is 20.1 Å². The van der Waals surface area contributed by atoms with Crippen LogP contribution in [-0.2, 0) is 26.5 Å². The second kappa shape index (κ2) is 17.7. The Bertz CT molecular complexity index is 2860. The van der Waals surface area contributed by atoms with Crippen LogP contribution >= 0.6 is 0 Å². The Labute approximate surface area is 369 Å². The molecule has 0 unspecified atom stereocenters. The van der Waals surface area contributed by atoms with Crippen LogP contribution in [-0.4, -0.2) is 22.6 Å². The molecule has 0 amide bonds. The Balaban J connectivity index is 0.000000172. The van der Waals surface area contributed by atoms with Crippen molar-refractivity contribution >= 4 is 46.2 Å². The first-order valence-corrected chi connectivity index (χ1v) is 24.7. The number of rotatable bonds is 8. The number of nitrogens with zero attached hydrogens (tertiary/aromatic N) is 3. The van der Waals surface area contributed by atoms with Crippen molar-refractivity contribution in [1.29, 1.82) is 0 Å². The first-order chi connectivity index (χ1) is 28.7. The quantitative estimate of drug-likeness (QED) is 0.113. The number of hydrogen-bond acceptors (Lipinski definition) is 3. The van der Waals surface area contributed by atoms with Gasteiger partial charge in [0.1, 0.15) is 5.58 Å². The number of fused-ring (bicyclic) bond motifs is 4. The summed E-state index contributed by atoms with van der Waals surface area (Å²) in [5.74, 6) is 2.24. The van der Waals surface area contributed by atoms with Crippen LogP contribution in [0.1, 0.15) is 56.6 Å².